The normalized spacial score (nSPS) is 26.9. The van der Waals surface area contributed by atoms with Gasteiger partial charge in [-0.1, -0.05) is 18.5 Å². The van der Waals surface area contributed by atoms with E-state index in [-0.39, 0.29) is 11.1 Å². The predicted molar refractivity (Wildman–Crippen MR) is 84.1 cm³/mol. The number of aryl methyl sites for hydroxylation is 2. The molecule has 1 fully saturated rings. The first-order valence-corrected chi connectivity index (χ1v) is 7.74. The summed E-state index contributed by atoms with van der Waals surface area (Å²) in [6.45, 7) is 13.9. The topological polar surface area (TPSA) is 33.1 Å². The molecule has 0 radical (unpaired) electrons. The lowest BCUT2D eigenvalue weighted by atomic mass is 9.88. The number of nitrogens with one attached hydrogen (secondary N) is 1. The number of hydrogen-bond donors (Lipinski definition) is 1. The van der Waals surface area contributed by atoms with Crippen LogP contribution in [0.5, 0.6) is 0 Å². The molecule has 0 amide bonds. The summed E-state index contributed by atoms with van der Waals surface area (Å²) in [5, 5.41) is 8.89. The predicted octanol–water partition coefficient (Wildman–Crippen LogP) is 2.73. The fraction of sp³-hybridized carbons (Fsp3) is 0.800. The summed E-state index contributed by atoms with van der Waals surface area (Å²) in [6.07, 6.45) is 1.12. The molecule has 1 aliphatic heterocycles. The minimum Gasteiger partial charge on any atom is -0.309 e. The molecule has 1 aromatic rings. The molecule has 1 aromatic heterocycles. The molecular weight excluding hydrogens is 272 g/mol. The molecule has 0 aliphatic carbocycles. The molecule has 0 aromatic carbocycles. The Morgan fingerprint density at radius 3 is 2.50 bits per heavy atom. The molecule has 2 heterocycles. The van der Waals surface area contributed by atoms with E-state index in [1.807, 2.05) is 18.7 Å². The second kappa shape index (κ2) is 5.32. The van der Waals surface area contributed by atoms with Crippen molar-refractivity contribution < 1.29 is 0 Å². The van der Waals surface area contributed by atoms with Gasteiger partial charge in [0.05, 0.1) is 16.4 Å². The SMILES string of the molecule is CCC1(C)CNC(C)(C)CN1Cc1c(Cl)c(C)nn1C. The Morgan fingerprint density at radius 2 is 2.00 bits per heavy atom. The molecule has 4 nitrogen and oxygen atoms in total. The Balaban J connectivity index is 2.28. The molecule has 1 unspecified atom stereocenters. The van der Waals surface area contributed by atoms with Gasteiger partial charge in [0.25, 0.3) is 0 Å². The van der Waals surface area contributed by atoms with Gasteiger partial charge in [0, 0.05) is 37.8 Å². The highest BCUT2D eigenvalue weighted by atomic mass is 35.5. The largest absolute Gasteiger partial charge is 0.309 e. The van der Waals surface area contributed by atoms with Crippen LogP contribution in [0.1, 0.15) is 45.5 Å². The van der Waals surface area contributed by atoms with Crippen molar-refractivity contribution in [1.29, 1.82) is 0 Å². The maximum atomic E-state index is 6.42. The smallest absolute Gasteiger partial charge is 0.0860 e. The van der Waals surface area contributed by atoms with Crippen molar-refractivity contribution >= 4 is 11.6 Å². The van der Waals surface area contributed by atoms with Gasteiger partial charge >= 0.3 is 0 Å². The lowest BCUT2D eigenvalue weighted by Gasteiger charge is -2.51. The minimum absolute atomic E-state index is 0.134. The average molecular weight is 299 g/mol. The van der Waals surface area contributed by atoms with Gasteiger partial charge in [-0.3, -0.25) is 9.58 Å². The molecule has 1 N–H and O–H groups in total. The second-order valence-electron chi connectivity index (χ2n) is 6.91. The van der Waals surface area contributed by atoms with Crippen LogP contribution in [0.3, 0.4) is 0 Å². The monoisotopic (exact) mass is 298 g/mol. The van der Waals surface area contributed by atoms with Crippen LogP contribution < -0.4 is 5.32 Å². The molecular formula is C15H27ClN4. The van der Waals surface area contributed by atoms with Crippen LogP contribution in [0.4, 0.5) is 0 Å². The van der Waals surface area contributed by atoms with Gasteiger partial charge in [0.15, 0.2) is 0 Å². The van der Waals surface area contributed by atoms with Crippen molar-refractivity contribution in [3.8, 4) is 0 Å². The van der Waals surface area contributed by atoms with Gasteiger partial charge in [0.1, 0.15) is 0 Å². The van der Waals surface area contributed by atoms with Crippen LogP contribution in [-0.4, -0.2) is 38.8 Å². The Morgan fingerprint density at radius 1 is 1.35 bits per heavy atom. The summed E-state index contributed by atoms with van der Waals surface area (Å²) >= 11 is 6.42. The highest BCUT2D eigenvalue weighted by Gasteiger charge is 2.40. The van der Waals surface area contributed by atoms with E-state index in [0.29, 0.717) is 0 Å². The number of piperazine rings is 1. The van der Waals surface area contributed by atoms with Gasteiger partial charge in [-0.15, -0.1) is 0 Å². The third-order valence-corrected chi connectivity index (χ3v) is 5.15. The van der Waals surface area contributed by atoms with E-state index in [9.17, 15) is 0 Å². The van der Waals surface area contributed by atoms with E-state index < -0.39 is 0 Å². The standard InChI is InChI=1S/C15H27ClN4/c1-7-15(5)9-17-14(3,4)10-20(15)8-12-13(16)11(2)18-19(12)6/h17H,7-10H2,1-6H3. The summed E-state index contributed by atoms with van der Waals surface area (Å²) < 4.78 is 1.92. The number of aromatic nitrogens is 2. The number of nitrogens with zero attached hydrogens (tertiary/aromatic N) is 3. The second-order valence-corrected chi connectivity index (χ2v) is 7.29. The molecule has 20 heavy (non-hydrogen) atoms. The third-order valence-electron chi connectivity index (χ3n) is 4.66. The first-order valence-electron chi connectivity index (χ1n) is 7.36. The Labute approximate surface area is 127 Å². The minimum atomic E-state index is 0.134. The molecule has 5 heteroatoms. The maximum absolute atomic E-state index is 6.42. The van der Waals surface area contributed by atoms with E-state index >= 15 is 0 Å². The van der Waals surface area contributed by atoms with E-state index in [1.165, 1.54) is 0 Å². The first-order chi connectivity index (χ1) is 9.18. The van der Waals surface area contributed by atoms with E-state index in [2.05, 4.69) is 43.0 Å². The fourth-order valence-corrected chi connectivity index (χ4v) is 3.11. The van der Waals surface area contributed by atoms with Crippen LogP contribution in [0, 0.1) is 6.92 Å². The van der Waals surface area contributed by atoms with Crippen molar-refractivity contribution in [2.45, 2.75) is 58.7 Å². The molecule has 1 aliphatic rings. The van der Waals surface area contributed by atoms with Gasteiger partial charge in [-0.05, 0) is 34.1 Å². The van der Waals surface area contributed by atoms with Gasteiger partial charge in [-0.2, -0.15) is 5.10 Å². The average Bonchev–Trinajstić information content (AvgIpc) is 2.60. The molecule has 2 rings (SSSR count). The van der Waals surface area contributed by atoms with Crippen LogP contribution in [0.25, 0.3) is 0 Å². The Hall–Kier alpha value is -0.580. The first kappa shape index (κ1) is 15.8. The zero-order valence-corrected chi connectivity index (χ0v) is 14.3. The highest BCUT2D eigenvalue weighted by Crippen LogP contribution is 2.30. The van der Waals surface area contributed by atoms with Crippen molar-refractivity contribution in [3.05, 3.63) is 16.4 Å². The van der Waals surface area contributed by atoms with Crippen LogP contribution in [0.15, 0.2) is 0 Å². The fourth-order valence-electron chi connectivity index (χ4n) is 2.89. The quantitative estimate of drug-likeness (QED) is 0.931. The van der Waals surface area contributed by atoms with Crippen molar-refractivity contribution in [1.82, 2.24) is 20.0 Å². The molecule has 0 saturated carbocycles. The van der Waals surface area contributed by atoms with Crippen LogP contribution in [-0.2, 0) is 13.6 Å². The summed E-state index contributed by atoms with van der Waals surface area (Å²) in [5.74, 6) is 0. The van der Waals surface area contributed by atoms with Gasteiger partial charge in [-0.25, -0.2) is 0 Å². The van der Waals surface area contributed by atoms with Crippen molar-refractivity contribution in [2.75, 3.05) is 13.1 Å². The molecule has 1 atom stereocenters. The van der Waals surface area contributed by atoms with Crippen molar-refractivity contribution in [2.24, 2.45) is 7.05 Å². The maximum Gasteiger partial charge on any atom is 0.0860 e. The lowest BCUT2D eigenvalue weighted by molar-refractivity contribution is 0.0158. The van der Waals surface area contributed by atoms with Crippen molar-refractivity contribution in [3.63, 3.8) is 0 Å². The Kier molecular flexibility index (Phi) is 4.20. The summed E-state index contributed by atoms with van der Waals surface area (Å²) in [4.78, 5) is 2.55. The van der Waals surface area contributed by atoms with E-state index in [1.54, 1.807) is 0 Å². The summed E-state index contributed by atoms with van der Waals surface area (Å²) in [7, 11) is 1.98. The number of hydrogen-bond acceptors (Lipinski definition) is 3. The van der Waals surface area contributed by atoms with E-state index in [4.69, 9.17) is 11.6 Å². The molecule has 0 bridgehead atoms. The highest BCUT2D eigenvalue weighted by molar-refractivity contribution is 6.31. The van der Waals surface area contributed by atoms with Gasteiger partial charge in [0.2, 0.25) is 0 Å². The number of rotatable bonds is 3. The van der Waals surface area contributed by atoms with Crippen LogP contribution in [0.2, 0.25) is 5.02 Å². The van der Waals surface area contributed by atoms with Crippen LogP contribution >= 0.6 is 11.6 Å². The zero-order chi connectivity index (χ0) is 15.1. The van der Waals surface area contributed by atoms with E-state index in [0.717, 1.165) is 42.5 Å². The Bertz CT molecular complexity index is 494. The lowest BCUT2D eigenvalue weighted by Crippen LogP contribution is -2.66. The summed E-state index contributed by atoms with van der Waals surface area (Å²) in [5.41, 5.74) is 2.32. The summed E-state index contributed by atoms with van der Waals surface area (Å²) in [6, 6.07) is 0. The zero-order valence-electron chi connectivity index (χ0n) is 13.5. The third kappa shape index (κ3) is 2.87. The molecule has 0 spiro atoms. The number of halogens is 1. The van der Waals surface area contributed by atoms with Gasteiger partial charge < -0.3 is 5.32 Å². The molecule has 1 saturated heterocycles. The molecule has 114 valence electrons.